The summed E-state index contributed by atoms with van der Waals surface area (Å²) < 4.78 is 0. The lowest BCUT2D eigenvalue weighted by atomic mass is 10.0. The summed E-state index contributed by atoms with van der Waals surface area (Å²) in [4.78, 5) is 30.6. The third kappa shape index (κ3) is 2.57. The van der Waals surface area contributed by atoms with E-state index in [1.165, 1.54) is 0 Å². The highest BCUT2D eigenvalue weighted by molar-refractivity contribution is 7.09. The summed E-state index contributed by atoms with van der Waals surface area (Å²) in [6, 6.07) is -0.671. The molecule has 0 aromatic carbocycles. The Bertz CT molecular complexity index is 538. The molecular weight excluding hydrogens is 274 g/mol. The van der Waals surface area contributed by atoms with E-state index in [9.17, 15) is 9.59 Å². The molecule has 1 aromatic rings. The number of aryl methyl sites for hydroxylation is 1. The summed E-state index contributed by atoms with van der Waals surface area (Å²) >= 11 is 1.61. The Morgan fingerprint density at radius 1 is 1.45 bits per heavy atom. The van der Waals surface area contributed by atoms with Crippen molar-refractivity contribution in [2.75, 3.05) is 6.54 Å². The molecule has 1 aromatic heterocycles. The molecule has 1 aliphatic carbocycles. The zero-order chi connectivity index (χ0) is 14.3. The molecule has 2 amide bonds. The minimum Gasteiger partial charge on any atom is -0.342 e. The fourth-order valence-corrected chi connectivity index (χ4v) is 3.40. The first kappa shape index (κ1) is 13.5. The topological polar surface area (TPSA) is 62.3 Å². The Hall–Kier alpha value is -1.43. The summed E-state index contributed by atoms with van der Waals surface area (Å²) in [5.41, 5.74) is 1.01. The lowest BCUT2D eigenvalue weighted by molar-refractivity contribution is -0.149. The number of hydrogen-bond acceptors (Lipinski definition) is 4. The molecule has 3 rings (SSSR count). The van der Waals surface area contributed by atoms with Crippen LogP contribution in [-0.2, 0) is 16.0 Å². The van der Waals surface area contributed by atoms with Gasteiger partial charge in [0.05, 0.1) is 5.01 Å². The molecule has 1 aliphatic heterocycles. The first-order valence-corrected chi connectivity index (χ1v) is 7.96. The van der Waals surface area contributed by atoms with E-state index in [1.54, 1.807) is 23.2 Å². The van der Waals surface area contributed by atoms with Gasteiger partial charge in [0.1, 0.15) is 12.1 Å². The number of thiazole rings is 1. The van der Waals surface area contributed by atoms with Crippen molar-refractivity contribution in [2.24, 2.45) is 5.92 Å². The van der Waals surface area contributed by atoms with Crippen LogP contribution in [0.1, 0.15) is 30.5 Å². The van der Waals surface area contributed by atoms with Gasteiger partial charge in [-0.05, 0) is 32.6 Å². The smallest absolute Gasteiger partial charge is 0.246 e. The van der Waals surface area contributed by atoms with E-state index in [0.717, 1.165) is 30.0 Å². The van der Waals surface area contributed by atoms with Gasteiger partial charge < -0.3 is 10.2 Å². The van der Waals surface area contributed by atoms with Crippen LogP contribution in [0.2, 0.25) is 0 Å². The molecule has 2 heterocycles. The van der Waals surface area contributed by atoms with Crippen LogP contribution in [0.25, 0.3) is 0 Å². The molecule has 0 radical (unpaired) electrons. The number of aromatic nitrogens is 1. The molecule has 1 saturated carbocycles. The number of nitrogens with zero attached hydrogens (tertiary/aromatic N) is 2. The van der Waals surface area contributed by atoms with E-state index in [-0.39, 0.29) is 23.9 Å². The highest BCUT2D eigenvalue weighted by Gasteiger charge is 2.45. The zero-order valence-corrected chi connectivity index (χ0v) is 12.6. The van der Waals surface area contributed by atoms with Crippen LogP contribution in [0.3, 0.4) is 0 Å². The van der Waals surface area contributed by atoms with Crippen LogP contribution in [0.4, 0.5) is 0 Å². The number of carbonyl (C=O) groups is 2. The summed E-state index contributed by atoms with van der Waals surface area (Å²) in [7, 11) is 0. The summed E-state index contributed by atoms with van der Waals surface area (Å²) in [5, 5.41) is 5.90. The third-order valence-electron chi connectivity index (χ3n) is 4.02. The SMILES string of the molecule is Cc1csc(CCN2C(=O)C(C3CC3)NC(=O)C2C)n1. The molecule has 6 heteroatoms. The Labute approximate surface area is 122 Å². The molecule has 108 valence electrons. The maximum atomic E-state index is 12.5. The number of nitrogens with one attached hydrogen (secondary N) is 1. The standard InChI is InChI=1S/C14H19N3O2S/c1-8-7-20-11(15-8)5-6-17-9(2)13(18)16-12(14(17)19)10-3-4-10/h7,9-10,12H,3-6H2,1-2H3,(H,16,18). The number of piperazine rings is 1. The van der Waals surface area contributed by atoms with Gasteiger partial charge in [0.25, 0.3) is 0 Å². The zero-order valence-electron chi connectivity index (χ0n) is 11.8. The number of rotatable bonds is 4. The second kappa shape index (κ2) is 5.16. The average Bonchev–Trinajstić information content (AvgIpc) is 3.17. The summed E-state index contributed by atoms with van der Waals surface area (Å²) in [6.07, 6.45) is 2.81. The van der Waals surface area contributed by atoms with Crippen molar-refractivity contribution >= 4 is 23.2 Å². The number of hydrogen-bond donors (Lipinski definition) is 1. The molecule has 2 atom stereocenters. The van der Waals surface area contributed by atoms with Crippen molar-refractivity contribution < 1.29 is 9.59 Å². The fraction of sp³-hybridized carbons (Fsp3) is 0.643. The Morgan fingerprint density at radius 2 is 2.20 bits per heavy atom. The van der Waals surface area contributed by atoms with E-state index in [0.29, 0.717) is 12.5 Å². The van der Waals surface area contributed by atoms with Crippen molar-refractivity contribution in [3.8, 4) is 0 Å². The maximum Gasteiger partial charge on any atom is 0.246 e. The molecule has 1 N–H and O–H groups in total. The second-order valence-corrected chi connectivity index (χ2v) is 6.61. The third-order valence-corrected chi connectivity index (χ3v) is 5.05. The quantitative estimate of drug-likeness (QED) is 0.905. The van der Waals surface area contributed by atoms with Crippen molar-refractivity contribution in [3.63, 3.8) is 0 Å². The largest absolute Gasteiger partial charge is 0.342 e. The van der Waals surface area contributed by atoms with E-state index >= 15 is 0 Å². The van der Waals surface area contributed by atoms with Crippen molar-refractivity contribution in [1.29, 1.82) is 0 Å². The van der Waals surface area contributed by atoms with Crippen LogP contribution in [-0.4, -0.2) is 40.3 Å². The molecule has 20 heavy (non-hydrogen) atoms. The van der Waals surface area contributed by atoms with Crippen molar-refractivity contribution in [1.82, 2.24) is 15.2 Å². The highest BCUT2D eigenvalue weighted by atomic mass is 32.1. The van der Waals surface area contributed by atoms with Gasteiger partial charge in [0.15, 0.2) is 0 Å². The number of amides is 2. The van der Waals surface area contributed by atoms with Crippen molar-refractivity contribution in [3.05, 3.63) is 16.1 Å². The molecule has 1 saturated heterocycles. The summed E-state index contributed by atoms with van der Waals surface area (Å²) in [5.74, 6) is 0.397. The maximum absolute atomic E-state index is 12.5. The minimum atomic E-state index is -0.376. The Balaban J connectivity index is 1.68. The van der Waals surface area contributed by atoms with Crippen LogP contribution in [0.5, 0.6) is 0 Å². The predicted octanol–water partition coefficient (Wildman–Crippen LogP) is 1.12. The lowest BCUT2D eigenvalue weighted by Gasteiger charge is -2.37. The number of carbonyl (C=O) groups excluding carboxylic acids is 2. The van der Waals surface area contributed by atoms with Crippen LogP contribution in [0.15, 0.2) is 5.38 Å². The minimum absolute atomic E-state index is 0.0307. The second-order valence-electron chi connectivity index (χ2n) is 5.66. The monoisotopic (exact) mass is 293 g/mol. The van der Waals surface area contributed by atoms with E-state index in [4.69, 9.17) is 0 Å². The molecule has 2 fully saturated rings. The van der Waals surface area contributed by atoms with Gasteiger partial charge in [0, 0.05) is 24.0 Å². The van der Waals surface area contributed by atoms with Gasteiger partial charge in [-0.25, -0.2) is 4.98 Å². The van der Waals surface area contributed by atoms with Crippen LogP contribution >= 0.6 is 11.3 Å². The van der Waals surface area contributed by atoms with Gasteiger partial charge in [-0.1, -0.05) is 0 Å². The van der Waals surface area contributed by atoms with E-state index in [2.05, 4.69) is 10.3 Å². The lowest BCUT2D eigenvalue weighted by Crippen LogP contribution is -2.63. The highest BCUT2D eigenvalue weighted by Crippen LogP contribution is 2.35. The molecule has 0 spiro atoms. The Kier molecular flexibility index (Phi) is 3.50. The molecule has 5 nitrogen and oxygen atoms in total. The van der Waals surface area contributed by atoms with E-state index in [1.807, 2.05) is 12.3 Å². The van der Waals surface area contributed by atoms with Gasteiger partial charge in [0.2, 0.25) is 11.8 Å². The normalized spacial score (nSPS) is 26.8. The fourth-order valence-electron chi connectivity index (χ4n) is 2.63. The molecule has 0 bridgehead atoms. The van der Waals surface area contributed by atoms with Gasteiger partial charge in [-0.2, -0.15) is 0 Å². The van der Waals surface area contributed by atoms with Gasteiger partial charge in [-0.3, -0.25) is 9.59 Å². The van der Waals surface area contributed by atoms with Crippen LogP contribution < -0.4 is 5.32 Å². The molecular formula is C14H19N3O2S. The van der Waals surface area contributed by atoms with Crippen molar-refractivity contribution in [2.45, 2.75) is 45.2 Å². The predicted molar refractivity (Wildman–Crippen MR) is 76.4 cm³/mol. The van der Waals surface area contributed by atoms with E-state index < -0.39 is 0 Å². The Morgan fingerprint density at radius 3 is 2.80 bits per heavy atom. The first-order valence-electron chi connectivity index (χ1n) is 7.08. The van der Waals surface area contributed by atoms with Gasteiger partial charge >= 0.3 is 0 Å². The summed E-state index contributed by atoms with van der Waals surface area (Å²) in [6.45, 7) is 4.33. The van der Waals surface area contributed by atoms with Gasteiger partial charge in [-0.15, -0.1) is 11.3 Å². The van der Waals surface area contributed by atoms with Crippen LogP contribution in [0, 0.1) is 12.8 Å². The first-order chi connectivity index (χ1) is 9.56. The average molecular weight is 293 g/mol. The molecule has 2 aliphatic rings. The molecule has 2 unspecified atom stereocenters.